The molecule has 0 aliphatic rings. The molecule has 0 N–H and O–H groups in total. The molecule has 0 unspecified atom stereocenters. The number of hydrogen-bond acceptors (Lipinski definition) is 4. The van der Waals surface area contributed by atoms with Gasteiger partial charge in [0.25, 0.3) is 0 Å². The topological polar surface area (TPSA) is 52.6 Å². The van der Waals surface area contributed by atoms with E-state index in [9.17, 15) is 9.59 Å². The number of ether oxygens (including phenoxy) is 2. The van der Waals surface area contributed by atoms with Crippen LogP contribution < -0.4 is 0 Å². The van der Waals surface area contributed by atoms with Gasteiger partial charge in [-0.25, -0.2) is 9.59 Å². The van der Waals surface area contributed by atoms with Gasteiger partial charge in [-0.3, -0.25) is 0 Å². The van der Waals surface area contributed by atoms with Crippen LogP contribution in [0, 0.1) is 0 Å². The summed E-state index contributed by atoms with van der Waals surface area (Å²) in [5.74, 6) is -0.886. The Balaban J connectivity index is 3.93. The average Bonchev–Trinajstić information content (AvgIpc) is 2.67. The Morgan fingerprint density at radius 1 is 0.654 bits per heavy atom. The number of benzene rings is 1. The van der Waals surface area contributed by atoms with Gasteiger partial charge in [-0.2, -0.15) is 0 Å². The molecule has 0 radical (unpaired) electrons. The lowest BCUT2D eigenvalue weighted by atomic mass is 9.81. The Kier molecular flexibility index (Phi) is 9.39. The van der Waals surface area contributed by atoms with E-state index in [1.165, 1.54) is 25.3 Å². The molecule has 26 heavy (non-hydrogen) atoms. The minimum atomic E-state index is -0.447. The Morgan fingerprint density at radius 2 is 1.08 bits per heavy atom. The Morgan fingerprint density at radius 3 is 1.46 bits per heavy atom. The van der Waals surface area contributed by atoms with Gasteiger partial charge in [-0.15, -0.1) is 0 Å². The molecule has 1 aromatic rings. The number of methoxy groups -OCH3 is 2. The second-order valence-electron chi connectivity index (χ2n) is 6.56. The Hall–Kier alpha value is -1.84. The molecule has 1 aromatic carbocycles. The molecule has 0 saturated carbocycles. The zero-order valence-corrected chi connectivity index (χ0v) is 17.3. The summed E-state index contributed by atoms with van der Waals surface area (Å²) >= 11 is 0. The third-order valence-electron chi connectivity index (χ3n) is 4.99. The van der Waals surface area contributed by atoms with Crippen molar-refractivity contribution in [2.45, 2.75) is 79.1 Å². The van der Waals surface area contributed by atoms with E-state index in [4.69, 9.17) is 9.47 Å². The fourth-order valence-corrected chi connectivity index (χ4v) is 3.72. The van der Waals surface area contributed by atoms with Crippen LogP contribution >= 0.6 is 0 Å². The zero-order valence-electron chi connectivity index (χ0n) is 17.3. The lowest BCUT2D eigenvalue weighted by molar-refractivity contribution is 0.0552. The van der Waals surface area contributed by atoms with E-state index in [0.717, 1.165) is 56.1 Å². The van der Waals surface area contributed by atoms with E-state index >= 15 is 0 Å². The minimum absolute atomic E-state index is 0.407. The smallest absolute Gasteiger partial charge is 0.339 e. The van der Waals surface area contributed by atoms with Gasteiger partial charge in [-0.05, 0) is 60.8 Å². The van der Waals surface area contributed by atoms with Crippen molar-refractivity contribution in [3.8, 4) is 0 Å². The molecule has 0 aliphatic carbocycles. The van der Waals surface area contributed by atoms with Gasteiger partial charge < -0.3 is 9.47 Å². The first-order valence-corrected chi connectivity index (χ1v) is 9.88. The van der Waals surface area contributed by atoms with Crippen LogP contribution in [0.1, 0.15) is 96.3 Å². The van der Waals surface area contributed by atoms with Gasteiger partial charge >= 0.3 is 11.9 Å². The highest BCUT2D eigenvalue weighted by Gasteiger charge is 2.30. The molecule has 146 valence electrons. The molecule has 0 bridgehead atoms. The maximum Gasteiger partial charge on any atom is 0.339 e. The predicted molar refractivity (Wildman–Crippen MR) is 105 cm³/mol. The van der Waals surface area contributed by atoms with Crippen molar-refractivity contribution in [1.82, 2.24) is 0 Å². The van der Waals surface area contributed by atoms with Crippen LogP contribution in [0.5, 0.6) is 0 Å². The first-order valence-electron chi connectivity index (χ1n) is 9.88. The molecular formula is C22H34O4. The third kappa shape index (κ3) is 4.66. The van der Waals surface area contributed by atoms with E-state index in [1.807, 2.05) is 6.92 Å². The van der Waals surface area contributed by atoms with Crippen LogP contribution in [-0.2, 0) is 35.2 Å². The van der Waals surface area contributed by atoms with Crippen molar-refractivity contribution in [1.29, 1.82) is 0 Å². The first-order chi connectivity index (χ1) is 12.5. The van der Waals surface area contributed by atoms with Gasteiger partial charge in [0.05, 0.1) is 25.3 Å². The van der Waals surface area contributed by atoms with Crippen molar-refractivity contribution in [2.24, 2.45) is 0 Å². The highest BCUT2D eigenvalue weighted by atomic mass is 16.5. The summed E-state index contributed by atoms with van der Waals surface area (Å²) in [4.78, 5) is 25.3. The highest BCUT2D eigenvalue weighted by Crippen LogP contribution is 2.33. The quantitative estimate of drug-likeness (QED) is 0.545. The summed E-state index contributed by atoms with van der Waals surface area (Å²) in [5.41, 5.74) is 5.21. The second kappa shape index (κ2) is 11.0. The number of hydrogen-bond donors (Lipinski definition) is 0. The maximum absolute atomic E-state index is 12.7. The van der Waals surface area contributed by atoms with E-state index in [1.54, 1.807) is 0 Å². The summed E-state index contributed by atoms with van der Waals surface area (Å²) in [6.07, 6.45) is 7.38. The summed E-state index contributed by atoms with van der Waals surface area (Å²) in [6, 6.07) is 0. The number of esters is 2. The molecule has 0 aromatic heterocycles. The highest BCUT2D eigenvalue weighted by molar-refractivity contribution is 6.06. The summed E-state index contributed by atoms with van der Waals surface area (Å²) in [7, 11) is 2.74. The molecule has 1 rings (SSSR count). The van der Waals surface area contributed by atoms with Crippen LogP contribution in [0.3, 0.4) is 0 Å². The lowest BCUT2D eigenvalue weighted by Gasteiger charge is -2.24. The summed E-state index contributed by atoms with van der Waals surface area (Å²) in [5, 5.41) is 0. The molecule has 0 heterocycles. The van der Waals surface area contributed by atoms with Crippen molar-refractivity contribution in [3.63, 3.8) is 0 Å². The van der Waals surface area contributed by atoms with Crippen LogP contribution in [0.25, 0.3) is 0 Å². The van der Waals surface area contributed by atoms with Crippen molar-refractivity contribution in [3.05, 3.63) is 33.4 Å². The predicted octanol–water partition coefficient (Wildman–Crippen LogP) is 5.07. The molecule has 0 aliphatic heterocycles. The number of unbranched alkanes of at least 4 members (excludes halogenated alkanes) is 2. The first kappa shape index (κ1) is 22.2. The van der Waals surface area contributed by atoms with E-state index in [0.29, 0.717) is 17.5 Å². The van der Waals surface area contributed by atoms with Crippen molar-refractivity contribution < 1.29 is 19.1 Å². The van der Waals surface area contributed by atoms with Crippen molar-refractivity contribution in [2.75, 3.05) is 14.2 Å². The average molecular weight is 363 g/mol. The van der Waals surface area contributed by atoms with Gasteiger partial charge in [0.1, 0.15) is 0 Å². The molecule has 0 atom stereocenters. The second-order valence-corrected chi connectivity index (χ2v) is 6.56. The lowest BCUT2D eigenvalue weighted by Crippen LogP contribution is -2.21. The van der Waals surface area contributed by atoms with Crippen LogP contribution in [0.15, 0.2) is 0 Å². The van der Waals surface area contributed by atoms with Gasteiger partial charge in [-0.1, -0.05) is 40.5 Å². The molecular weight excluding hydrogens is 328 g/mol. The van der Waals surface area contributed by atoms with E-state index in [-0.39, 0.29) is 0 Å². The third-order valence-corrected chi connectivity index (χ3v) is 4.99. The monoisotopic (exact) mass is 362 g/mol. The largest absolute Gasteiger partial charge is 0.465 e. The number of carbonyl (C=O) groups is 2. The van der Waals surface area contributed by atoms with Gasteiger partial charge in [0.15, 0.2) is 0 Å². The molecule has 0 fully saturated rings. The fourth-order valence-electron chi connectivity index (χ4n) is 3.72. The normalized spacial score (nSPS) is 10.7. The maximum atomic E-state index is 12.7. The van der Waals surface area contributed by atoms with E-state index < -0.39 is 11.9 Å². The SMILES string of the molecule is CCCCc1c(CC)c(CC)c(C(=O)OC)c(C(=O)OC)c1CCCC. The van der Waals surface area contributed by atoms with Gasteiger partial charge in [0, 0.05) is 0 Å². The molecule has 4 nitrogen and oxygen atoms in total. The molecule has 0 spiro atoms. The molecule has 0 amide bonds. The van der Waals surface area contributed by atoms with Gasteiger partial charge in [0.2, 0.25) is 0 Å². The van der Waals surface area contributed by atoms with E-state index in [2.05, 4.69) is 20.8 Å². The Bertz CT molecular complexity index is 632. The fraction of sp³-hybridized carbons (Fsp3) is 0.636. The Labute approximate surface area is 158 Å². The number of rotatable bonds is 10. The number of carbonyl (C=O) groups excluding carboxylic acids is 2. The van der Waals surface area contributed by atoms with Crippen molar-refractivity contribution >= 4 is 11.9 Å². The summed E-state index contributed by atoms with van der Waals surface area (Å²) in [6.45, 7) is 8.44. The zero-order chi connectivity index (χ0) is 19.7. The van der Waals surface area contributed by atoms with Crippen LogP contribution in [0.2, 0.25) is 0 Å². The van der Waals surface area contributed by atoms with Crippen LogP contribution in [-0.4, -0.2) is 26.2 Å². The standard InChI is InChI=1S/C22H34O4/c1-7-11-13-17-15(9-3)16(10-4)19(21(23)25-5)20(22(24)26-6)18(17)14-12-8-2/h7-14H2,1-6H3. The summed E-state index contributed by atoms with van der Waals surface area (Å²) < 4.78 is 10.1. The molecule has 0 saturated heterocycles. The molecule has 4 heteroatoms. The van der Waals surface area contributed by atoms with Crippen LogP contribution in [0.4, 0.5) is 0 Å². The minimum Gasteiger partial charge on any atom is -0.465 e.